The van der Waals surface area contributed by atoms with E-state index < -0.39 is 0 Å². The van der Waals surface area contributed by atoms with E-state index in [1.165, 1.54) is 16.7 Å². The Labute approximate surface area is 149 Å². The Morgan fingerprint density at radius 3 is 2.80 bits per heavy atom. The van der Waals surface area contributed by atoms with Gasteiger partial charge in [0, 0.05) is 19.3 Å². The number of nitrogens with zero attached hydrogens (tertiary/aromatic N) is 3. The Morgan fingerprint density at radius 1 is 1.12 bits per heavy atom. The van der Waals surface area contributed by atoms with E-state index in [0.29, 0.717) is 0 Å². The van der Waals surface area contributed by atoms with Crippen LogP contribution in [0, 0.1) is 13.8 Å². The van der Waals surface area contributed by atoms with Crippen LogP contribution in [0.3, 0.4) is 0 Å². The lowest BCUT2D eigenvalue weighted by atomic mass is 10.1. The van der Waals surface area contributed by atoms with E-state index in [9.17, 15) is 0 Å². The van der Waals surface area contributed by atoms with Gasteiger partial charge in [0.05, 0.1) is 23.1 Å². The molecule has 2 heterocycles. The van der Waals surface area contributed by atoms with Crippen molar-refractivity contribution in [3.05, 3.63) is 59.2 Å². The topological polar surface area (TPSA) is 70.8 Å². The number of nitrogens with one attached hydrogen (secondary N) is 1. The second-order valence-corrected chi connectivity index (χ2v) is 6.70. The highest BCUT2D eigenvalue weighted by molar-refractivity contribution is 5.78. The van der Waals surface area contributed by atoms with Crippen LogP contribution >= 0.6 is 0 Å². The summed E-state index contributed by atoms with van der Waals surface area (Å²) in [6.45, 7) is 7.68. The van der Waals surface area contributed by atoms with Crippen LogP contribution in [0.2, 0.25) is 0 Å². The first-order valence-electron chi connectivity index (χ1n) is 8.93. The number of para-hydroxylation sites is 1. The van der Waals surface area contributed by atoms with Gasteiger partial charge >= 0.3 is 0 Å². The molecule has 3 rings (SSSR count). The second kappa shape index (κ2) is 8.23. The highest BCUT2D eigenvalue weighted by Crippen LogP contribution is 2.19. The van der Waals surface area contributed by atoms with E-state index in [4.69, 9.17) is 5.73 Å². The number of rotatable bonds is 8. The molecule has 1 aromatic carbocycles. The van der Waals surface area contributed by atoms with Crippen molar-refractivity contribution in [2.45, 2.75) is 39.8 Å². The van der Waals surface area contributed by atoms with Gasteiger partial charge in [-0.1, -0.05) is 18.2 Å². The number of benzene rings is 1. The van der Waals surface area contributed by atoms with Gasteiger partial charge < -0.3 is 10.7 Å². The second-order valence-electron chi connectivity index (χ2n) is 6.70. The van der Waals surface area contributed by atoms with Gasteiger partial charge in [0.1, 0.15) is 0 Å². The fourth-order valence-corrected chi connectivity index (χ4v) is 3.21. The van der Waals surface area contributed by atoms with Crippen LogP contribution in [0.25, 0.3) is 11.0 Å². The zero-order valence-corrected chi connectivity index (χ0v) is 15.1. The molecule has 0 radical (unpaired) electrons. The summed E-state index contributed by atoms with van der Waals surface area (Å²) in [7, 11) is 0. The maximum atomic E-state index is 5.68. The maximum absolute atomic E-state index is 5.68. The number of pyridine rings is 1. The summed E-state index contributed by atoms with van der Waals surface area (Å²) in [6, 6.07) is 8.52. The molecule has 0 atom stereocenters. The van der Waals surface area contributed by atoms with Crippen molar-refractivity contribution in [1.82, 2.24) is 19.9 Å². The van der Waals surface area contributed by atoms with Crippen molar-refractivity contribution in [3.63, 3.8) is 0 Å². The van der Waals surface area contributed by atoms with E-state index in [0.717, 1.165) is 55.7 Å². The van der Waals surface area contributed by atoms with Crippen molar-refractivity contribution in [2.24, 2.45) is 5.73 Å². The zero-order chi connectivity index (χ0) is 17.6. The summed E-state index contributed by atoms with van der Waals surface area (Å²) in [4.78, 5) is 14.8. The molecule has 0 aliphatic carbocycles. The molecule has 25 heavy (non-hydrogen) atoms. The number of imidazole rings is 1. The third kappa shape index (κ3) is 4.44. The fraction of sp³-hybridized carbons (Fsp3) is 0.400. The number of unbranched alkanes of at least 4 members (excludes halogenated alkanes) is 1. The number of nitrogens with two attached hydrogens (primary N) is 1. The van der Waals surface area contributed by atoms with Gasteiger partial charge in [0.25, 0.3) is 0 Å². The quantitative estimate of drug-likeness (QED) is 0.619. The minimum Gasteiger partial charge on any atom is -0.345 e. The molecule has 0 aliphatic heterocycles. The average Bonchev–Trinajstić information content (AvgIpc) is 3.07. The Balaban J connectivity index is 1.80. The predicted molar refractivity (Wildman–Crippen MR) is 102 cm³/mol. The molecule has 0 saturated heterocycles. The van der Waals surface area contributed by atoms with Gasteiger partial charge in [-0.3, -0.25) is 9.88 Å². The molecule has 0 unspecified atom stereocenters. The van der Waals surface area contributed by atoms with Crippen LogP contribution in [-0.2, 0) is 13.1 Å². The third-order valence-corrected chi connectivity index (χ3v) is 4.55. The highest BCUT2D eigenvalue weighted by Gasteiger charge is 2.12. The molecule has 0 aliphatic rings. The molecule has 0 fully saturated rings. The average molecular weight is 337 g/mol. The standard InChI is InChI=1S/C20H27N5/c1-15-10-16(2)19(22-11-15)13-25(9-4-3-8-21)12-17-6-5-7-18-20(17)24-14-23-18/h5-7,10-11,14H,3-4,8-9,12-13,21H2,1-2H3,(H,23,24). The lowest BCUT2D eigenvalue weighted by molar-refractivity contribution is 0.249. The molecule has 5 nitrogen and oxygen atoms in total. The van der Waals surface area contributed by atoms with E-state index >= 15 is 0 Å². The zero-order valence-electron chi connectivity index (χ0n) is 15.1. The first kappa shape index (κ1) is 17.6. The maximum Gasteiger partial charge on any atom is 0.0932 e. The number of H-pyrrole nitrogens is 1. The van der Waals surface area contributed by atoms with Crippen LogP contribution in [0.1, 0.15) is 35.2 Å². The van der Waals surface area contributed by atoms with Crippen LogP contribution in [-0.4, -0.2) is 32.9 Å². The van der Waals surface area contributed by atoms with E-state index in [-0.39, 0.29) is 0 Å². The minimum absolute atomic E-state index is 0.741. The van der Waals surface area contributed by atoms with Crippen LogP contribution in [0.15, 0.2) is 36.8 Å². The molecule has 0 saturated carbocycles. The van der Waals surface area contributed by atoms with Gasteiger partial charge in [-0.2, -0.15) is 0 Å². The van der Waals surface area contributed by atoms with Crippen molar-refractivity contribution in [1.29, 1.82) is 0 Å². The smallest absolute Gasteiger partial charge is 0.0932 e. The molecule has 132 valence electrons. The first-order chi connectivity index (χ1) is 12.2. The monoisotopic (exact) mass is 337 g/mol. The van der Waals surface area contributed by atoms with E-state index in [1.807, 2.05) is 6.20 Å². The van der Waals surface area contributed by atoms with Gasteiger partial charge in [0.15, 0.2) is 0 Å². The van der Waals surface area contributed by atoms with Gasteiger partial charge in [-0.05, 0) is 62.5 Å². The molecule has 3 aromatic rings. The SMILES string of the molecule is Cc1cnc(CN(CCCCN)Cc2cccc3[nH]cnc23)c(C)c1. The Hall–Kier alpha value is -2.24. The van der Waals surface area contributed by atoms with Crippen LogP contribution < -0.4 is 5.73 Å². The summed E-state index contributed by atoms with van der Waals surface area (Å²) in [5.41, 5.74) is 12.7. The number of aromatic amines is 1. The van der Waals surface area contributed by atoms with Crippen molar-refractivity contribution < 1.29 is 0 Å². The Morgan fingerprint density at radius 2 is 2.00 bits per heavy atom. The summed E-state index contributed by atoms with van der Waals surface area (Å²) in [6.07, 6.45) is 5.86. The van der Waals surface area contributed by atoms with Gasteiger partial charge in [-0.15, -0.1) is 0 Å². The molecule has 5 heteroatoms. The van der Waals surface area contributed by atoms with Crippen molar-refractivity contribution in [2.75, 3.05) is 13.1 Å². The third-order valence-electron chi connectivity index (χ3n) is 4.55. The minimum atomic E-state index is 0.741. The largest absolute Gasteiger partial charge is 0.345 e. The summed E-state index contributed by atoms with van der Waals surface area (Å²) in [5.74, 6) is 0. The number of hydrogen-bond donors (Lipinski definition) is 2. The van der Waals surface area contributed by atoms with Crippen LogP contribution in [0.5, 0.6) is 0 Å². The van der Waals surface area contributed by atoms with E-state index in [2.05, 4.69) is 58.0 Å². The normalized spacial score (nSPS) is 11.5. The fourth-order valence-electron chi connectivity index (χ4n) is 3.21. The Bertz CT molecular complexity index is 824. The summed E-state index contributed by atoms with van der Waals surface area (Å²) < 4.78 is 0. The predicted octanol–water partition coefficient (Wildman–Crippen LogP) is 3.32. The number of aryl methyl sites for hydroxylation is 2. The molecule has 0 spiro atoms. The summed E-state index contributed by atoms with van der Waals surface area (Å²) >= 11 is 0. The summed E-state index contributed by atoms with van der Waals surface area (Å²) in [5, 5.41) is 0. The molecule has 3 N–H and O–H groups in total. The highest BCUT2D eigenvalue weighted by atomic mass is 15.1. The molecular weight excluding hydrogens is 310 g/mol. The van der Waals surface area contributed by atoms with Crippen molar-refractivity contribution >= 4 is 11.0 Å². The molecule has 0 amide bonds. The number of fused-ring (bicyclic) bond motifs is 1. The first-order valence-corrected chi connectivity index (χ1v) is 8.93. The van der Waals surface area contributed by atoms with Gasteiger partial charge in [0.2, 0.25) is 0 Å². The molecule has 2 aromatic heterocycles. The molecular formula is C20H27N5. The lowest BCUT2D eigenvalue weighted by Crippen LogP contribution is -2.25. The van der Waals surface area contributed by atoms with Crippen molar-refractivity contribution in [3.8, 4) is 0 Å². The number of hydrogen-bond acceptors (Lipinski definition) is 4. The van der Waals surface area contributed by atoms with E-state index in [1.54, 1.807) is 6.33 Å². The van der Waals surface area contributed by atoms with Gasteiger partial charge in [-0.25, -0.2) is 4.98 Å². The molecule has 0 bridgehead atoms. The Kier molecular flexibility index (Phi) is 5.79. The number of aromatic nitrogens is 3. The van der Waals surface area contributed by atoms with Crippen LogP contribution in [0.4, 0.5) is 0 Å². The lowest BCUT2D eigenvalue weighted by Gasteiger charge is -2.23.